The molecular formula is C23H21BrFNO5S. The van der Waals surface area contributed by atoms with E-state index < -0.39 is 23.7 Å². The molecule has 1 fully saturated rings. The van der Waals surface area contributed by atoms with Crippen LogP contribution >= 0.6 is 27.7 Å². The van der Waals surface area contributed by atoms with Crippen LogP contribution in [-0.2, 0) is 20.9 Å². The summed E-state index contributed by atoms with van der Waals surface area (Å²) in [4.78, 5) is 37.9. The van der Waals surface area contributed by atoms with Gasteiger partial charge in [-0.1, -0.05) is 25.1 Å². The summed E-state index contributed by atoms with van der Waals surface area (Å²) >= 11 is 4.21. The van der Waals surface area contributed by atoms with E-state index in [0.717, 1.165) is 22.2 Å². The average molecular weight is 522 g/mol. The topological polar surface area (TPSA) is 72.9 Å². The van der Waals surface area contributed by atoms with Gasteiger partial charge in [0.25, 0.3) is 11.1 Å². The largest absolute Gasteiger partial charge is 0.488 e. The van der Waals surface area contributed by atoms with Crippen LogP contribution in [0.2, 0.25) is 0 Å². The molecule has 1 saturated heterocycles. The number of benzene rings is 2. The Hall–Kier alpha value is -2.65. The van der Waals surface area contributed by atoms with Crippen molar-refractivity contribution in [1.82, 2.24) is 4.90 Å². The molecule has 6 nitrogen and oxygen atoms in total. The summed E-state index contributed by atoms with van der Waals surface area (Å²) in [5.74, 6) is -0.884. The zero-order chi connectivity index (χ0) is 23.3. The molecule has 0 spiro atoms. The Labute approximate surface area is 197 Å². The van der Waals surface area contributed by atoms with Gasteiger partial charge < -0.3 is 9.47 Å². The molecule has 1 heterocycles. The molecule has 1 aliphatic heterocycles. The quantitative estimate of drug-likeness (QED) is 0.335. The standard InChI is InChI=1S/C23H21BrFNO5S/c1-3-14(2)31-21(27)12-26-22(28)20(32-23(26)29)11-16-6-9-19(18(24)10-16)30-13-15-4-7-17(25)8-5-15/h4-11,14H,3,12-13H2,1-2H3/b20-11-/t14-/m1/s1. The number of carbonyl (C=O) groups excluding carboxylic acids is 3. The highest BCUT2D eigenvalue weighted by atomic mass is 79.9. The van der Waals surface area contributed by atoms with Crippen LogP contribution in [-0.4, -0.2) is 34.7 Å². The lowest BCUT2D eigenvalue weighted by Gasteiger charge is -2.14. The Morgan fingerprint density at radius 2 is 1.94 bits per heavy atom. The van der Waals surface area contributed by atoms with Gasteiger partial charge in [0.2, 0.25) is 0 Å². The molecule has 1 atom stereocenters. The van der Waals surface area contributed by atoms with E-state index in [-0.39, 0.29) is 23.4 Å². The lowest BCUT2D eigenvalue weighted by Crippen LogP contribution is -2.35. The minimum Gasteiger partial charge on any atom is -0.488 e. The normalized spacial score (nSPS) is 15.9. The maximum atomic E-state index is 13.0. The lowest BCUT2D eigenvalue weighted by atomic mass is 10.2. The summed E-state index contributed by atoms with van der Waals surface area (Å²) in [7, 11) is 0. The van der Waals surface area contributed by atoms with E-state index in [9.17, 15) is 18.8 Å². The zero-order valence-corrected chi connectivity index (χ0v) is 19.9. The van der Waals surface area contributed by atoms with Gasteiger partial charge in [-0.05, 0) is 82.5 Å². The van der Waals surface area contributed by atoms with Crippen molar-refractivity contribution in [2.75, 3.05) is 6.54 Å². The molecule has 0 N–H and O–H groups in total. The molecule has 2 amide bonds. The lowest BCUT2D eigenvalue weighted by molar-refractivity contribution is -0.150. The first-order valence-electron chi connectivity index (χ1n) is 9.88. The second-order valence-corrected chi connectivity index (χ2v) is 8.93. The van der Waals surface area contributed by atoms with Gasteiger partial charge in [0.05, 0.1) is 15.5 Å². The predicted molar refractivity (Wildman–Crippen MR) is 123 cm³/mol. The average Bonchev–Trinajstić information content (AvgIpc) is 3.01. The number of amides is 2. The van der Waals surface area contributed by atoms with Crippen molar-refractivity contribution in [2.24, 2.45) is 0 Å². The second-order valence-electron chi connectivity index (χ2n) is 7.08. The van der Waals surface area contributed by atoms with E-state index in [1.54, 1.807) is 43.3 Å². The number of halogens is 2. The molecule has 168 valence electrons. The molecule has 2 aromatic rings. The molecule has 0 aromatic heterocycles. The highest BCUT2D eigenvalue weighted by Gasteiger charge is 2.36. The van der Waals surface area contributed by atoms with E-state index in [1.807, 2.05) is 6.92 Å². The second kappa shape index (κ2) is 10.8. The highest BCUT2D eigenvalue weighted by Crippen LogP contribution is 2.34. The fourth-order valence-corrected chi connectivity index (χ4v) is 4.08. The summed E-state index contributed by atoms with van der Waals surface area (Å²) in [6.45, 7) is 3.48. The van der Waals surface area contributed by atoms with Crippen molar-refractivity contribution in [3.05, 3.63) is 68.8 Å². The van der Waals surface area contributed by atoms with Crippen molar-refractivity contribution < 1.29 is 28.2 Å². The van der Waals surface area contributed by atoms with E-state index >= 15 is 0 Å². The molecule has 0 saturated carbocycles. The van der Waals surface area contributed by atoms with E-state index in [4.69, 9.17) is 9.47 Å². The first kappa shape index (κ1) is 24.0. The number of hydrogen-bond acceptors (Lipinski definition) is 6. The van der Waals surface area contributed by atoms with Gasteiger partial charge in [-0.25, -0.2) is 4.39 Å². The van der Waals surface area contributed by atoms with Gasteiger partial charge in [-0.2, -0.15) is 0 Å². The highest BCUT2D eigenvalue weighted by molar-refractivity contribution is 9.10. The van der Waals surface area contributed by atoms with Gasteiger partial charge in [0.1, 0.15) is 24.7 Å². The van der Waals surface area contributed by atoms with Crippen molar-refractivity contribution in [3.8, 4) is 5.75 Å². The van der Waals surface area contributed by atoms with Gasteiger partial charge in [0, 0.05) is 0 Å². The molecule has 9 heteroatoms. The summed E-state index contributed by atoms with van der Waals surface area (Å²) in [5, 5.41) is -0.513. The summed E-state index contributed by atoms with van der Waals surface area (Å²) < 4.78 is 24.6. The van der Waals surface area contributed by atoms with Crippen LogP contribution < -0.4 is 4.74 Å². The molecule has 0 radical (unpaired) electrons. The van der Waals surface area contributed by atoms with Gasteiger partial charge in [-0.15, -0.1) is 0 Å². The first-order chi connectivity index (χ1) is 15.3. The van der Waals surface area contributed by atoms with Crippen LogP contribution in [0, 0.1) is 5.82 Å². The smallest absolute Gasteiger partial charge is 0.326 e. The Kier molecular flexibility index (Phi) is 8.09. The zero-order valence-electron chi connectivity index (χ0n) is 17.5. The number of hydrogen-bond donors (Lipinski definition) is 0. The molecule has 32 heavy (non-hydrogen) atoms. The number of nitrogens with zero attached hydrogens (tertiary/aromatic N) is 1. The van der Waals surface area contributed by atoms with Crippen molar-refractivity contribution in [3.63, 3.8) is 0 Å². The number of ether oxygens (including phenoxy) is 2. The van der Waals surface area contributed by atoms with Crippen LogP contribution in [0.15, 0.2) is 51.8 Å². The van der Waals surface area contributed by atoms with Crippen LogP contribution in [0.5, 0.6) is 5.75 Å². The number of carbonyl (C=O) groups is 3. The third-order valence-electron chi connectivity index (χ3n) is 4.63. The van der Waals surface area contributed by atoms with E-state index in [2.05, 4.69) is 15.9 Å². The van der Waals surface area contributed by atoms with Crippen LogP contribution in [0.4, 0.5) is 9.18 Å². The third-order valence-corrected chi connectivity index (χ3v) is 6.16. The molecular weight excluding hydrogens is 501 g/mol. The summed E-state index contributed by atoms with van der Waals surface area (Å²) in [5.41, 5.74) is 1.50. The summed E-state index contributed by atoms with van der Waals surface area (Å²) in [6, 6.07) is 11.3. The minimum atomic E-state index is -0.617. The van der Waals surface area contributed by atoms with Crippen LogP contribution in [0.1, 0.15) is 31.4 Å². The third kappa shape index (κ3) is 6.20. The molecule has 0 unspecified atom stereocenters. The van der Waals surface area contributed by atoms with Crippen LogP contribution in [0.25, 0.3) is 6.08 Å². The van der Waals surface area contributed by atoms with Gasteiger partial charge in [0.15, 0.2) is 0 Å². The van der Waals surface area contributed by atoms with Crippen molar-refractivity contribution >= 4 is 50.9 Å². The monoisotopic (exact) mass is 521 g/mol. The molecule has 0 bridgehead atoms. The molecule has 0 aliphatic carbocycles. The van der Waals surface area contributed by atoms with Crippen molar-refractivity contribution in [2.45, 2.75) is 33.0 Å². The Morgan fingerprint density at radius 1 is 1.22 bits per heavy atom. The maximum Gasteiger partial charge on any atom is 0.326 e. The van der Waals surface area contributed by atoms with Crippen LogP contribution in [0.3, 0.4) is 0 Å². The first-order valence-corrected chi connectivity index (χ1v) is 11.5. The fraction of sp³-hybridized carbons (Fsp3) is 0.261. The summed E-state index contributed by atoms with van der Waals surface area (Å²) in [6.07, 6.45) is 1.95. The molecule has 2 aromatic carbocycles. The molecule has 1 aliphatic rings. The SMILES string of the molecule is CC[C@@H](C)OC(=O)CN1C(=O)S/C(=C\c2ccc(OCc3ccc(F)cc3)c(Br)c2)C1=O. The maximum absolute atomic E-state index is 13.0. The van der Waals surface area contributed by atoms with E-state index in [1.165, 1.54) is 12.1 Å². The van der Waals surface area contributed by atoms with Gasteiger partial charge in [-0.3, -0.25) is 19.3 Å². The fourth-order valence-electron chi connectivity index (χ4n) is 2.73. The number of rotatable bonds is 8. The number of imide groups is 1. The Morgan fingerprint density at radius 3 is 2.59 bits per heavy atom. The number of thioether (sulfide) groups is 1. The predicted octanol–water partition coefficient (Wildman–Crippen LogP) is 5.55. The van der Waals surface area contributed by atoms with Gasteiger partial charge >= 0.3 is 5.97 Å². The minimum absolute atomic E-state index is 0.221. The van der Waals surface area contributed by atoms with Crippen molar-refractivity contribution in [1.29, 1.82) is 0 Å². The number of esters is 1. The van der Waals surface area contributed by atoms with E-state index in [0.29, 0.717) is 22.2 Å². The Bertz CT molecular complexity index is 1060. The Balaban J connectivity index is 1.65. The molecule has 3 rings (SSSR count).